The first kappa shape index (κ1) is 19.8. The normalized spacial score (nSPS) is 11.6. The highest BCUT2D eigenvalue weighted by Crippen LogP contribution is 2.25. The van der Waals surface area contributed by atoms with Gasteiger partial charge in [0.25, 0.3) is 5.56 Å². The topological polar surface area (TPSA) is 92.1 Å². The number of anilines is 3. The molecule has 3 aromatic rings. The Morgan fingerprint density at radius 1 is 1.18 bits per heavy atom. The van der Waals surface area contributed by atoms with Gasteiger partial charge in [-0.15, -0.1) is 0 Å². The molecule has 0 fully saturated rings. The summed E-state index contributed by atoms with van der Waals surface area (Å²) in [6, 6.07) is 7.57. The molecule has 3 N–H and O–H groups in total. The van der Waals surface area contributed by atoms with E-state index in [4.69, 9.17) is 0 Å². The Hall–Kier alpha value is -2.93. The van der Waals surface area contributed by atoms with Gasteiger partial charge in [0.15, 0.2) is 0 Å². The Balaban J connectivity index is 2.09. The van der Waals surface area contributed by atoms with Crippen LogP contribution in [-0.4, -0.2) is 32.8 Å². The van der Waals surface area contributed by atoms with Gasteiger partial charge >= 0.3 is 0 Å². The first-order valence-corrected chi connectivity index (χ1v) is 9.35. The maximum Gasteiger partial charge on any atom is 0.262 e. The average Bonchev–Trinajstić information content (AvgIpc) is 2.61. The van der Waals surface area contributed by atoms with E-state index in [0.29, 0.717) is 29.4 Å². The summed E-state index contributed by atoms with van der Waals surface area (Å²) in [6.07, 6.45) is 3.44. The molecule has 0 saturated heterocycles. The zero-order valence-corrected chi connectivity index (χ0v) is 16.8. The quantitative estimate of drug-likeness (QED) is 0.607. The summed E-state index contributed by atoms with van der Waals surface area (Å²) >= 11 is 0. The number of hydrogen-bond acceptors (Lipinski definition) is 6. The van der Waals surface area contributed by atoms with Gasteiger partial charge in [-0.05, 0) is 47.6 Å². The molecule has 7 nitrogen and oxygen atoms in total. The molecule has 7 heteroatoms. The van der Waals surface area contributed by atoms with Gasteiger partial charge in [0.05, 0.1) is 12.0 Å². The van der Waals surface area contributed by atoms with Crippen LogP contribution in [-0.2, 0) is 6.54 Å². The van der Waals surface area contributed by atoms with Crippen molar-refractivity contribution in [3.63, 3.8) is 0 Å². The van der Waals surface area contributed by atoms with Crippen LogP contribution in [0.2, 0.25) is 0 Å². The van der Waals surface area contributed by atoms with E-state index in [1.807, 2.05) is 31.2 Å². The number of rotatable bonds is 6. The van der Waals surface area contributed by atoms with E-state index in [2.05, 4.69) is 41.4 Å². The van der Waals surface area contributed by atoms with Gasteiger partial charge in [0.1, 0.15) is 17.5 Å². The van der Waals surface area contributed by atoms with Gasteiger partial charge in [-0.1, -0.05) is 20.8 Å². The lowest BCUT2D eigenvalue weighted by Crippen LogP contribution is -2.24. The minimum Gasteiger partial charge on any atom is -0.395 e. The smallest absolute Gasteiger partial charge is 0.262 e. The molecule has 0 unspecified atom stereocenters. The standard InChI is InChI=1S/C21H27N5O2/c1-14-5-7-22-16(11-14)24-17-12-15-6-8-26(9-10-27)20(28)18(15)19(25-17)23-13-21(2,3)4/h5-8,11-12,27H,9-10,13H2,1-4H3,(H2,22,23,24,25). The third-order valence-electron chi connectivity index (χ3n) is 4.26. The zero-order valence-electron chi connectivity index (χ0n) is 16.8. The molecule has 0 bridgehead atoms. The number of nitrogens with one attached hydrogen (secondary N) is 2. The second kappa shape index (κ2) is 7.98. The van der Waals surface area contributed by atoms with E-state index >= 15 is 0 Å². The van der Waals surface area contributed by atoms with Crippen LogP contribution >= 0.6 is 0 Å². The molecule has 0 aromatic carbocycles. The molecule has 0 aliphatic rings. The fraction of sp³-hybridized carbons (Fsp3) is 0.381. The average molecular weight is 381 g/mol. The summed E-state index contributed by atoms with van der Waals surface area (Å²) in [5.74, 6) is 1.84. The minimum absolute atomic E-state index is 0.0223. The van der Waals surface area contributed by atoms with Crippen LogP contribution < -0.4 is 16.2 Å². The molecule has 148 valence electrons. The predicted octanol–water partition coefficient (Wildman–Crippen LogP) is 3.29. The van der Waals surface area contributed by atoms with Crippen molar-refractivity contribution in [2.45, 2.75) is 34.2 Å². The number of fused-ring (bicyclic) bond motifs is 1. The summed E-state index contributed by atoms with van der Waals surface area (Å²) in [6.45, 7) is 9.17. The van der Waals surface area contributed by atoms with Crippen molar-refractivity contribution in [3.8, 4) is 0 Å². The molecule has 3 aromatic heterocycles. The molecule has 0 amide bonds. The Kier molecular flexibility index (Phi) is 5.65. The van der Waals surface area contributed by atoms with Gasteiger partial charge in [-0.25, -0.2) is 9.97 Å². The highest BCUT2D eigenvalue weighted by molar-refractivity contribution is 5.93. The first-order valence-electron chi connectivity index (χ1n) is 9.35. The third-order valence-corrected chi connectivity index (χ3v) is 4.26. The van der Waals surface area contributed by atoms with Crippen molar-refractivity contribution >= 4 is 28.2 Å². The van der Waals surface area contributed by atoms with Crippen molar-refractivity contribution in [3.05, 3.63) is 52.6 Å². The van der Waals surface area contributed by atoms with Crippen molar-refractivity contribution in [2.75, 3.05) is 23.8 Å². The van der Waals surface area contributed by atoms with Crippen molar-refractivity contribution in [1.82, 2.24) is 14.5 Å². The largest absolute Gasteiger partial charge is 0.395 e. The van der Waals surface area contributed by atoms with Crippen LogP contribution in [0.15, 0.2) is 41.5 Å². The van der Waals surface area contributed by atoms with Gasteiger partial charge in [-0.2, -0.15) is 0 Å². The van der Waals surface area contributed by atoms with Crippen LogP contribution in [0.1, 0.15) is 26.3 Å². The van der Waals surface area contributed by atoms with Crippen molar-refractivity contribution < 1.29 is 5.11 Å². The maximum atomic E-state index is 12.9. The van der Waals surface area contributed by atoms with E-state index in [0.717, 1.165) is 10.9 Å². The van der Waals surface area contributed by atoms with E-state index in [-0.39, 0.29) is 24.1 Å². The van der Waals surface area contributed by atoms with Gasteiger partial charge < -0.3 is 20.3 Å². The summed E-state index contributed by atoms with van der Waals surface area (Å²) in [5.41, 5.74) is 0.945. The van der Waals surface area contributed by atoms with Crippen LogP contribution in [0.25, 0.3) is 10.8 Å². The first-order chi connectivity index (χ1) is 13.3. The fourth-order valence-corrected chi connectivity index (χ4v) is 2.86. The molecule has 0 aliphatic heterocycles. The number of aliphatic hydroxyl groups is 1. The molecule has 0 radical (unpaired) electrons. The minimum atomic E-state index is -0.171. The van der Waals surface area contributed by atoms with Crippen molar-refractivity contribution in [2.24, 2.45) is 5.41 Å². The van der Waals surface area contributed by atoms with E-state index in [9.17, 15) is 9.90 Å². The summed E-state index contributed by atoms with van der Waals surface area (Å²) in [7, 11) is 0. The third kappa shape index (κ3) is 4.67. The van der Waals surface area contributed by atoms with Gasteiger partial charge in [-0.3, -0.25) is 4.79 Å². The highest BCUT2D eigenvalue weighted by Gasteiger charge is 2.15. The number of aromatic nitrogens is 3. The Morgan fingerprint density at radius 3 is 2.64 bits per heavy atom. The summed E-state index contributed by atoms with van der Waals surface area (Å²) in [5, 5.41) is 17.1. The number of aliphatic hydroxyl groups excluding tert-OH is 1. The molecule has 0 saturated carbocycles. The lowest BCUT2D eigenvalue weighted by molar-refractivity contribution is 0.274. The van der Waals surface area contributed by atoms with Crippen LogP contribution in [0.4, 0.5) is 17.5 Å². The second-order valence-corrected chi connectivity index (χ2v) is 8.12. The van der Waals surface area contributed by atoms with E-state index in [1.54, 1.807) is 12.4 Å². The van der Waals surface area contributed by atoms with E-state index in [1.165, 1.54) is 4.57 Å². The lowest BCUT2D eigenvalue weighted by Gasteiger charge is -2.20. The van der Waals surface area contributed by atoms with Gasteiger partial charge in [0, 0.05) is 25.5 Å². The Bertz CT molecular complexity index is 1040. The van der Waals surface area contributed by atoms with E-state index < -0.39 is 0 Å². The molecular formula is C21H27N5O2. The van der Waals surface area contributed by atoms with Crippen LogP contribution in [0, 0.1) is 12.3 Å². The molecule has 3 heterocycles. The highest BCUT2D eigenvalue weighted by atomic mass is 16.3. The lowest BCUT2D eigenvalue weighted by atomic mass is 9.97. The summed E-state index contributed by atoms with van der Waals surface area (Å²) < 4.78 is 1.50. The molecule has 0 atom stereocenters. The number of nitrogens with zero attached hydrogens (tertiary/aromatic N) is 3. The second-order valence-electron chi connectivity index (χ2n) is 8.12. The SMILES string of the molecule is Cc1ccnc(Nc2cc3ccn(CCO)c(=O)c3c(NCC(C)(C)C)n2)c1. The Morgan fingerprint density at radius 2 is 1.96 bits per heavy atom. The number of hydrogen-bond donors (Lipinski definition) is 3. The molecule has 0 aliphatic carbocycles. The van der Waals surface area contributed by atoms with Gasteiger partial charge in [0.2, 0.25) is 0 Å². The number of pyridine rings is 3. The zero-order chi connectivity index (χ0) is 20.3. The van der Waals surface area contributed by atoms with Crippen molar-refractivity contribution in [1.29, 1.82) is 0 Å². The molecule has 0 spiro atoms. The summed E-state index contributed by atoms with van der Waals surface area (Å²) in [4.78, 5) is 21.9. The fourth-order valence-electron chi connectivity index (χ4n) is 2.86. The molecular weight excluding hydrogens is 354 g/mol. The van der Waals surface area contributed by atoms with Crippen LogP contribution in [0.5, 0.6) is 0 Å². The molecule has 28 heavy (non-hydrogen) atoms. The number of aryl methyl sites for hydroxylation is 1. The monoisotopic (exact) mass is 381 g/mol. The predicted molar refractivity (Wildman–Crippen MR) is 113 cm³/mol. The maximum absolute atomic E-state index is 12.9. The Labute approximate surface area is 164 Å². The molecule has 3 rings (SSSR count). The van der Waals surface area contributed by atoms with Crippen LogP contribution in [0.3, 0.4) is 0 Å².